The quantitative estimate of drug-likeness (QED) is 0.665. The summed E-state index contributed by atoms with van der Waals surface area (Å²) >= 11 is 6.46. The fourth-order valence-corrected chi connectivity index (χ4v) is 3.67. The minimum absolute atomic E-state index is 0.0726. The Hall–Kier alpha value is -2.64. The number of amides is 1. The minimum atomic E-state index is -0.338. The fraction of sp³-hybridized carbons (Fsp3) is 0.350. The molecule has 0 aliphatic heterocycles. The number of H-pyrrole nitrogens is 1. The fourth-order valence-electron chi connectivity index (χ4n) is 3.40. The predicted octanol–water partition coefficient (Wildman–Crippen LogP) is 3.00. The Bertz CT molecular complexity index is 1030. The van der Waals surface area contributed by atoms with Crippen LogP contribution in [0.4, 0.5) is 0 Å². The van der Waals surface area contributed by atoms with E-state index in [0.717, 1.165) is 35.0 Å². The van der Waals surface area contributed by atoms with Crippen molar-refractivity contribution in [3.8, 4) is 17.1 Å². The molecular weight excluding hydrogens is 378 g/mol. The van der Waals surface area contributed by atoms with Gasteiger partial charge in [-0.25, -0.2) is 9.97 Å². The number of methoxy groups -OCH3 is 1. The number of nitrogens with zero attached hydrogens (tertiary/aromatic N) is 3. The molecule has 2 heterocycles. The van der Waals surface area contributed by atoms with Crippen LogP contribution in [0, 0.1) is 0 Å². The second kappa shape index (κ2) is 7.07. The second-order valence-electron chi connectivity index (χ2n) is 7.27. The molecule has 0 radical (unpaired) electrons. The van der Waals surface area contributed by atoms with Gasteiger partial charge in [-0.15, -0.1) is 0 Å². The molecule has 0 spiro atoms. The lowest BCUT2D eigenvalue weighted by molar-refractivity contribution is -0.127. The lowest BCUT2D eigenvalue weighted by atomic mass is 10.1. The number of hydrogen-bond acceptors (Lipinski definition) is 5. The van der Waals surface area contributed by atoms with Gasteiger partial charge >= 0.3 is 0 Å². The highest BCUT2D eigenvalue weighted by Crippen LogP contribution is 2.40. The van der Waals surface area contributed by atoms with Crippen LogP contribution in [0.25, 0.3) is 22.2 Å². The van der Waals surface area contributed by atoms with E-state index in [9.17, 15) is 4.79 Å². The summed E-state index contributed by atoms with van der Waals surface area (Å²) in [6.07, 6.45) is 5.00. The number of rotatable bonds is 6. The van der Waals surface area contributed by atoms with Crippen molar-refractivity contribution in [1.82, 2.24) is 25.2 Å². The predicted molar refractivity (Wildman–Crippen MR) is 108 cm³/mol. The monoisotopic (exact) mass is 399 g/mol. The van der Waals surface area contributed by atoms with Crippen molar-refractivity contribution in [3.63, 3.8) is 0 Å². The number of halogens is 1. The maximum atomic E-state index is 12.5. The highest BCUT2D eigenvalue weighted by molar-refractivity contribution is 6.34. The van der Waals surface area contributed by atoms with Crippen molar-refractivity contribution in [2.75, 3.05) is 21.2 Å². The van der Waals surface area contributed by atoms with Gasteiger partial charge in [0.25, 0.3) is 0 Å². The highest BCUT2D eigenvalue weighted by Gasteiger charge is 2.51. The van der Waals surface area contributed by atoms with E-state index in [1.807, 2.05) is 37.2 Å². The zero-order chi connectivity index (χ0) is 19.9. The molecule has 2 N–H and O–H groups in total. The van der Waals surface area contributed by atoms with Crippen LogP contribution in [0.1, 0.15) is 18.5 Å². The molecule has 0 unspecified atom stereocenters. The molecule has 28 heavy (non-hydrogen) atoms. The van der Waals surface area contributed by atoms with Crippen molar-refractivity contribution in [3.05, 3.63) is 41.3 Å². The van der Waals surface area contributed by atoms with Gasteiger partial charge in [0.15, 0.2) is 0 Å². The van der Waals surface area contributed by atoms with Crippen LogP contribution in [-0.2, 0) is 11.3 Å². The summed E-state index contributed by atoms with van der Waals surface area (Å²) in [7, 11) is 5.44. The molecule has 0 atom stereocenters. The number of likely N-dealkylation sites (N-methyl/N-ethyl adjacent to an activating group) is 1. The number of aromatic nitrogens is 3. The molecule has 2 aromatic heterocycles. The molecule has 146 valence electrons. The van der Waals surface area contributed by atoms with Gasteiger partial charge in [-0.3, -0.25) is 9.69 Å². The number of benzene rings is 1. The number of carbonyl (C=O) groups is 1. The van der Waals surface area contributed by atoms with Gasteiger partial charge in [-0.1, -0.05) is 11.6 Å². The van der Waals surface area contributed by atoms with Crippen LogP contribution >= 0.6 is 11.6 Å². The smallest absolute Gasteiger partial charge is 0.240 e. The largest absolute Gasteiger partial charge is 0.480 e. The molecule has 4 rings (SSSR count). The zero-order valence-corrected chi connectivity index (χ0v) is 16.8. The van der Waals surface area contributed by atoms with Crippen LogP contribution in [0.15, 0.2) is 30.6 Å². The van der Waals surface area contributed by atoms with E-state index >= 15 is 0 Å². The lowest BCUT2D eigenvalue weighted by Gasteiger charge is -2.22. The van der Waals surface area contributed by atoms with Gasteiger partial charge in [-0.05, 0) is 45.1 Å². The zero-order valence-electron chi connectivity index (χ0n) is 16.0. The molecule has 3 aromatic rings. The number of carbonyl (C=O) groups excluding carboxylic acids is 1. The first-order valence-corrected chi connectivity index (χ1v) is 9.44. The first kappa shape index (κ1) is 18.7. The van der Waals surface area contributed by atoms with E-state index in [1.165, 1.54) is 0 Å². The van der Waals surface area contributed by atoms with E-state index in [1.54, 1.807) is 19.5 Å². The Kier molecular flexibility index (Phi) is 4.72. The number of fused-ring (bicyclic) bond motifs is 1. The van der Waals surface area contributed by atoms with Crippen molar-refractivity contribution < 1.29 is 9.53 Å². The summed E-state index contributed by atoms with van der Waals surface area (Å²) in [6.45, 7) is 0.443. The van der Waals surface area contributed by atoms with E-state index in [-0.39, 0.29) is 11.4 Å². The Morgan fingerprint density at radius 2 is 2.07 bits per heavy atom. The van der Waals surface area contributed by atoms with E-state index in [0.29, 0.717) is 23.1 Å². The Morgan fingerprint density at radius 1 is 1.29 bits per heavy atom. The number of ether oxygens (including phenoxy) is 1. The molecule has 1 aliphatic rings. The van der Waals surface area contributed by atoms with Gasteiger partial charge in [0, 0.05) is 22.2 Å². The topological polar surface area (TPSA) is 83.1 Å². The molecule has 1 saturated carbocycles. The number of nitrogens with one attached hydrogen (secondary N) is 2. The summed E-state index contributed by atoms with van der Waals surface area (Å²) in [5.74, 6) is 0.522. The maximum Gasteiger partial charge on any atom is 0.240 e. The molecule has 1 aromatic carbocycles. The Labute approximate surface area is 168 Å². The number of hydrogen-bond donors (Lipinski definition) is 2. The van der Waals surface area contributed by atoms with Crippen molar-refractivity contribution in [1.29, 1.82) is 0 Å². The van der Waals surface area contributed by atoms with Gasteiger partial charge < -0.3 is 15.0 Å². The maximum absolute atomic E-state index is 12.5. The van der Waals surface area contributed by atoms with E-state index < -0.39 is 0 Å². The highest BCUT2D eigenvalue weighted by atomic mass is 35.5. The van der Waals surface area contributed by atoms with Crippen LogP contribution in [-0.4, -0.2) is 52.5 Å². The summed E-state index contributed by atoms with van der Waals surface area (Å²) in [4.78, 5) is 26.4. The molecule has 1 fully saturated rings. The van der Waals surface area contributed by atoms with Gasteiger partial charge in [0.05, 0.1) is 42.3 Å². The third-order valence-electron chi connectivity index (χ3n) is 5.32. The third kappa shape index (κ3) is 3.31. The summed E-state index contributed by atoms with van der Waals surface area (Å²) in [5.41, 5.74) is 2.96. The molecule has 8 heteroatoms. The van der Waals surface area contributed by atoms with Crippen molar-refractivity contribution in [2.24, 2.45) is 0 Å². The number of aromatic amines is 1. The van der Waals surface area contributed by atoms with Crippen LogP contribution in [0.5, 0.6) is 5.88 Å². The van der Waals surface area contributed by atoms with Crippen LogP contribution in [0.3, 0.4) is 0 Å². The SMILES string of the molecule is COc1cnc(-c2cc3[nH]c(CNC(=O)C4(N(C)C)CC4)cc3cc2Cl)cn1. The molecule has 7 nitrogen and oxygen atoms in total. The molecule has 1 amide bonds. The molecule has 0 bridgehead atoms. The average molecular weight is 400 g/mol. The average Bonchev–Trinajstić information content (AvgIpc) is 3.42. The summed E-state index contributed by atoms with van der Waals surface area (Å²) < 4.78 is 5.05. The van der Waals surface area contributed by atoms with Crippen LogP contribution < -0.4 is 10.1 Å². The Morgan fingerprint density at radius 3 is 2.68 bits per heavy atom. The Balaban J connectivity index is 1.55. The second-order valence-corrected chi connectivity index (χ2v) is 7.67. The van der Waals surface area contributed by atoms with Crippen molar-refractivity contribution in [2.45, 2.75) is 24.9 Å². The molecular formula is C20H22ClN5O2. The lowest BCUT2D eigenvalue weighted by Crippen LogP contribution is -2.45. The standard InChI is InChI=1S/C20H22ClN5O2/c1-26(2)20(4-5-20)19(27)24-9-13-6-12-7-15(21)14(8-16(12)25-13)17-10-23-18(28-3)11-22-17/h6-8,10-11,25H,4-5,9H2,1-3H3,(H,24,27). The van der Waals surface area contributed by atoms with Crippen molar-refractivity contribution >= 4 is 28.4 Å². The first-order chi connectivity index (χ1) is 13.4. The molecule has 1 aliphatic carbocycles. The van der Waals surface area contributed by atoms with Crippen LogP contribution in [0.2, 0.25) is 5.02 Å². The summed E-state index contributed by atoms with van der Waals surface area (Å²) in [6, 6.07) is 5.84. The molecule has 0 saturated heterocycles. The van der Waals surface area contributed by atoms with Gasteiger partial charge in [-0.2, -0.15) is 0 Å². The van der Waals surface area contributed by atoms with E-state index in [4.69, 9.17) is 16.3 Å². The van der Waals surface area contributed by atoms with E-state index in [2.05, 4.69) is 20.3 Å². The third-order valence-corrected chi connectivity index (χ3v) is 5.63. The normalized spacial score (nSPS) is 15.0. The minimum Gasteiger partial charge on any atom is -0.480 e. The summed E-state index contributed by atoms with van der Waals surface area (Å²) in [5, 5.41) is 4.61. The first-order valence-electron chi connectivity index (χ1n) is 9.06. The van der Waals surface area contributed by atoms with Gasteiger partial charge in [0.1, 0.15) is 0 Å². The van der Waals surface area contributed by atoms with Gasteiger partial charge in [0.2, 0.25) is 11.8 Å².